The highest BCUT2D eigenvalue weighted by atomic mass is 16.7. The molecule has 7 heteroatoms. The molecule has 4 N–H and O–H groups in total. The third-order valence-electron chi connectivity index (χ3n) is 3.14. The Bertz CT molecular complexity index is 436. The van der Waals surface area contributed by atoms with Gasteiger partial charge in [-0.05, 0) is 12.1 Å². The van der Waals surface area contributed by atoms with Gasteiger partial charge in [0, 0.05) is 6.07 Å². The van der Waals surface area contributed by atoms with Crippen LogP contribution in [-0.2, 0) is 4.74 Å². The van der Waals surface area contributed by atoms with Crippen molar-refractivity contribution < 1.29 is 34.6 Å². The van der Waals surface area contributed by atoms with Crippen molar-refractivity contribution in [2.75, 3.05) is 13.7 Å². The van der Waals surface area contributed by atoms with Gasteiger partial charge in [-0.3, -0.25) is 0 Å². The molecule has 0 spiro atoms. The second-order valence-electron chi connectivity index (χ2n) is 4.49. The number of hydrogen-bond acceptors (Lipinski definition) is 7. The molecule has 1 fully saturated rings. The lowest BCUT2D eigenvalue weighted by molar-refractivity contribution is -0.277. The molecule has 7 nitrogen and oxygen atoms in total. The fourth-order valence-corrected chi connectivity index (χ4v) is 1.97. The zero-order valence-corrected chi connectivity index (χ0v) is 10.9. The molecule has 1 aromatic rings. The first-order chi connectivity index (χ1) is 9.56. The average molecular weight is 286 g/mol. The van der Waals surface area contributed by atoms with E-state index in [1.54, 1.807) is 24.3 Å². The molecule has 1 aliphatic rings. The summed E-state index contributed by atoms with van der Waals surface area (Å²) in [7, 11) is 1.51. The summed E-state index contributed by atoms with van der Waals surface area (Å²) in [5.74, 6) is 0.931. The Morgan fingerprint density at radius 1 is 1.10 bits per heavy atom. The lowest BCUT2D eigenvalue weighted by Crippen LogP contribution is -2.60. The first-order valence-electron chi connectivity index (χ1n) is 6.18. The molecule has 1 saturated heterocycles. The molecule has 0 radical (unpaired) electrons. The Morgan fingerprint density at radius 2 is 1.80 bits per heavy atom. The molecular formula is C13H18O7. The van der Waals surface area contributed by atoms with Gasteiger partial charge in [0.15, 0.2) is 0 Å². The highest BCUT2D eigenvalue weighted by molar-refractivity contribution is 5.33. The molecule has 0 amide bonds. The summed E-state index contributed by atoms with van der Waals surface area (Å²) < 4.78 is 15.7. The van der Waals surface area contributed by atoms with Gasteiger partial charge >= 0.3 is 0 Å². The first kappa shape index (κ1) is 15.0. The van der Waals surface area contributed by atoms with Crippen molar-refractivity contribution in [1.82, 2.24) is 0 Å². The molecule has 0 aromatic heterocycles. The number of rotatable bonds is 4. The van der Waals surface area contributed by atoms with Crippen molar-refractivity contribution in [3.05, 3.63) is 24.3 Å². The minimum atomic E-state index is -1.46. The summed E-state index contributed by atoms with van der Waals surface area (Å²) in [6, 6.07) is 6.63. The van der Waals surface area contributed by atoms with E-state index in [2.05, 4.69) is 0 Å². The van der Waals surface area contributed by atoms with E-state index in [1.807, 2.05) is 0 Å². The van der Waals surface area contributed by atoms with Crippen molar-refractivity contribution in [2.24, 2.45) is 0 Å². The average Bonchev–Trinajstić information content (AvgIpc) is 2.48. The van der Waals surface area contributed by atoms with Crippen LogP contribution in [0.1, 0.15) is 0 Å². The number of aliphatic hydroxyl groups is 4. The van der Waals surface area contributed by atoms with E-state index in [0.29, 0.717) is 11.5 Å². The normalized spacial score (nSPS) is 33.8. The van der Waals surface area contributed by atoms with Crippen LogP contribution in [0.5, 0.6) is 11.5 Å². The second kappa shape index (κ2) is 6.38. The van der Waals surface area contributed by atoms with Crippen LogP contribution in [0.25, 0.3) is 0 Å². The number of aliphatic hydroxyl groups excluding tert-OH is 4. The van der Waals surface area contributed by atoms with Gasteiger partial charge in [0.2, 0.25) is 6.29 Å². The third kappa shape index (κ3) is 3.02. The quantitative estimate of drug-likeness (QED) is 0.555. The van der Waals surface area contributed by atoms with Gasteiger partial charge < -0.3 is 34.6 Å². The molecule has 0 saturated carbocycles. The van der Waals surface area contributed by atoms with Crippen LogP contribution in [0.2, 0.25) is 0 Å². The summed E-state index contributed by atoms with van der Waals surface area (Å²) in [5, 5.41) is 38.2. The molecule has 0 bridgehead atoms. The molecule has 20 heavy (non-hydrogen) atoms. The maximum absolute atomic E-state index is 9.84. The van der Waals surface area contributed by atoms with Crippen LogP contribution < -0.4 is 9.47 Å². The molecule has 1 aromatic carbocycles. The summed E-state index contributed by atoms with van der Waals surface area (Å²) >= 11 is 0. The van der Waals surface area contributed by atoms with Crippen molar-refractivity contribution in [3.63, 3.8) is 0 Å². The second-order valence-corrected chi connectivity index (χ2v) is 4.49. The predicted octanol–water partition coefficient (Wildman–Crippen LogP) is -1.13. The van der Waals surface area contributed by atoms with Crippen molar-refractivity contribution >= 4 is 0 Å². The largest absolute Gasteiger partial charge is 0.497 e. The summed E-state index contributed by atoms with van der Waals surface area (Å²) in [4.78, 5) is 0. The first-order valence-corrected chi connectivity index (χ1v) is 6.18. The Balaban J connectivity index is 2.10. The topological polar surface area (TPSA) is 109 Å². The Morgan fingerprint density at radius 3 is 2.45 bits per heavy atom. The minimum Gasteiger partial charge on any atom is -0.497 e. The van der Waals surface area contributed by atoms with E-state index in [1.165, 1.54) is 7.11 Å². The lowest BCUT2D eigenvalue weighted by atomic mass is 9.99. The molecule has 0 unspecified atom stereocenters. The number of methoxy groups -OCH3 is 1. The monoisotopic (exact) mass is 286 g/mol. The zero-order valence-electron chi connectivity index (χ0n) is 10.9. The third-order valence-corrected chi connectivity index (χ3v) is 3.14. The molecule has 1 aliphatic heterocycles. The van der Waals surface area contributed by atoms with Crippen LogP contribution >= 0.6 is 0 Å². The Kier molecular flexibility index (Phi) is 4.79. The van der Waals surface area contributed by atoms with Gasteiger partial charge in [0.1, 0.15) is 35.9 Å². The van der Waals surface area contributed by atoms with Crippen LogP contribution in [0.15, 0.2) is 24.3 Å². The van der Waals surface area contributed by atoms with Gasteiger partial charge in [-0.25, -0.2) is 0 Å². The van der Waals surface area contributed by atoms with E-state index < -0.39 is 37.3 Å². The maximum atomic E-state index is 9.84. The molecule has 112 valence electrons. The van der Waals surface area contributed by atoms with E-state index in [0.717, 1.165) is 0 Å². The molecule has 1 heterocycles. The van der Waals surface area contributed by atoms with Crippen LogP contribution in [-0.4, -0.2) is 64.8 Å². The molecule has 2 rings (SSSR count). The highest BCUT2D eigenvalue weighted by Gasteiger charge is 2.44. The fraction of sp³-hybridized carbons (Fsp3) is 0.538. The van der Waals surface area contributed by atoms with E-state index in [-0.39, 0.29) is 0 Å². The molecular weight excluding hydrogens is 268 g/mol. The molecule has 0 aliphatic carbocycles. The van der Waals surface area contributed by atoms with Crippen molar-refractivity contribution in [1.29, 1.82) is 0 Å². The number of benzene rings is 1. The summed E-state index contributed by atoms with van der Waals surface area (Å²) in [6.07, 6.45) is -6.49. The Labute approximate surface area is 115 Å². The van der Waals surface area contributed by atoms with E-state index in [9.17, 15) is 15.3 Å². The smallest absolute Gasteiger partial charge is 0.229 e. The lowest BCUT2D eigenvalue weighted by Gasteiger charge is -2.39. The van der Waals surface area contributed by atoms with E-state index >= 15 is 0 Å². The van der Waals surface area contributed by atoms with Crippen LogP contribution in [0, 0.1) is 0 Å². The van der Waals surface area contributed by atoms with Gasteiger partial charge in [-0.1, -0.05) is 6.07 Å². The standard InChI is InChI=1S/C13H18O7/c1-18-7-3-2-4-8(5-7)19-13-12(17)11(16)10(15)9(6-14)20-13/h2-5,9-17H,6H2,1H3/t9-,10+,11+,12-,13-/m1/s1. The Hall–Kier alpha value is -1.38. The van der Waals surface area contributed by atoms with Crippen molar-refractivity contribution in [2.45, 2.75) is 30.7 Å². The minimum absolute atomic E-state index is 0.369. The van der Waals surface area contributed by atoms with Gasteiger partial charge in [0.05, 0.1) is 13.7 Å². The molecule has 5 atom stereocenters. The SMILES string of the molecule is COc1cccc(O[C@@H]2O[C@H](CO)[C@H](O)[C@H](O)[C@H]2O)c1. The van der Waals surface area contributed by atoms with Crippen LogP contribution in [0.3, 0.4) is 0 Å². The highest BCUT2D eigenvalue weighted by Crippen LogP contribution is 2.26. The maximum Gasteiger partial charge on any atom is 0.229 e. The van der Waals surface area contributed by atoms with Gasteiger partial charge in [-0.15, -0.1) is 0 Å². The number of hydrogen-bond donors (Lipinski definition) is 4. The van der Waals surface area contributed by atoms with Crippen molar-refractivity contribution in [3.8, 4) is 11.5 Å². The number of ether oxygens (including phenoxy) is 3. The summed E-state index contributed by atoms with van der Waals surface area (Å²) in [5.41, 5.74) is 0. The van der Waals surface area contributed by atoms with Gasteiger partial charge in [0.25, 0.3) is 0 Å². The van der Waals surface area contributed by atoms with Crippen LogP contribution in [0.4, 0.5) is 0 Å². The van der Waals surface area contributed by atoms with Gasteiger partial charge in [-0.2, -0.15) is 0 Å². The predicted molar refractivity (Wildman–Crippen MR) is 67.4 cm³/mol. The summed E-state index contributed by atoms with van der Waals surface area (Å²) in [6.45, 7) is -0.497. The zero-order chi connectivity index (χ0) is 14.7. The van der Waals surface area contributed by atoms with E-state index in [4.69, 9.17) is 19.3 Å². The fourth-order valence-electron chi connectivity index (χ4n) is 1.97.